The molecule has 0 radical (unpaired) electrons. The van der Waals surface area contributed by atoms with Crippen molar-refractivity contribution in [2.45, 2.75) is 24.1 Å². The van der Waals surface area contributed by atoms with E-state index < -0.39 is 10.0 Å². The third-order valence-electron chi connectivity index (χ3n) is 4.25. The van der Waals surface area contributed by atoms with E-state index in [1.165, 1.54) is 0 Å². The lowest BCUT2D eigenvalue weighted by molar-refractivity contribution is 0.182. The number of hydrogen-bond donors (Lipinski definition) is 0. The molecule has 6 nitrogen and oxygen atoms in total. The molecule has 0 amide bonds. The van der Waals surface area contributed by atoms with E-state index in [-0.39, 0.29) is 0 Å². The highest BCUT2D eigenvalue weighted by molar-refractivity contribution is 7.91. The van der Waals surface area contributed by atoms with Crippen LogP contribution in [-0.2, 0) is 23.0 Å². The van der Waals surface area contributed by atoms with Gasteiger partial charge in [0.2, 0.25) is 0 Å². The average Bonchev–Trinajstić information content (AvgIpc) is 3.22. The molecule has 9 heteroatoms. The van der Waals surface area contributed by atoms with E-state index in [1.54, 1.807) is 16.4 Å². The van der Waals surface area contributed by atoms with Gasteiger partial charge in [0.15, 0.2) is 0 Å². The molecular formula is C15H21ClN4O2S2. The van der Waals surface area contributed by atoms with Crippen molar-refractivity contribution in [2.75, 3.05) is 32.7 Å². The topological polar surface area (TPSA) is 58.4 Å². The van der Waals surface area contributed by atoms with Gasteiger partial charge in [-0.1, -0.05) is 18.5 Å². The minimum atomic E-state index is -3.41. The molecule has 1 fully saturated rings. The zero-order valence-corrected chi connectivity index (χ0v) is 15.9. The number of piperazine rings is 1. The standard InChI is InChI=1S/C15H21ClN4O2S2/c1-2-14-17-5-6-19(14)10-7-18-8-11-20(12-9-18)24(21,22)15-4-3-13(16)23-15/h3-6H,2,7-12H2,1H3. The van der Waals surface area contributed by atoms with Crippen LogP contribution < -0.4 is 0 Å². The van der Waals surface area contributed by atoms with Gasteiger partial charge in [-0.15, -0.1) is 11.3 Å². The summed E-state index contributed by atoms with van der Waals surface area (Å²) in [6.45, 7) is 6.41. The van der Waals surface area contributed by atoms with Gasteiger partial charge in [-0.25, -0.2) is 13.4 Å². The Morgan fingerprint density at radius 2 is 1.96 bits per heavy atom. The van der Waals surface area contributed by atoms with E-state index in [0.717, 1.165) is 49.8 Å². The summed E-state index contributed by atoms with van der Waals surface area (Å²) in [6, 6.07) is 3.21. The fourth-order valence-electron chi connectivity index (χ4n) is 2.86. The van der Waals surface area contributed by atoms with Crippen LogP contribution in [0.15, 0.2) is 28.7 Å². The Morgan fingerprint density at radius 1 is 1.21 bits per heavy atom. The molecule has 132 valence electrons. The van der Waals surface area contributed by atoms with E-state index in [9.17, 15) is 8.42 Å². The lowest BCUT2D eigenvalue weighted by atomic mass is 10.3. The highest BCUT2D eigenvalue weighted by atomic mass is 35.5. The molecule has 0 saturated carbocycles. The van der Waals surface area contributed by atoms with Gasteiger partial charge in [0.1, 0.15) is 10.0 Å². The SMILES string of the molecule is CCc1nccn1CCN1CCN(S(=O)(=O)c2ccc(Cl)s2)CC1. The van der Waals surface area contributed by atoms with Gasteiger partial charge in [-0.05, 0) is 12.1 Å². The molecular weight excluding hydrogens is 368 g/mol. The smallest absolute Gasteiger partial charge is 0.252 e. The Labute approximate surface area is 151 Å². The normalized spacial score (nSPS) is 17.4. The van der Waals surface area contributed by atoms with Gasteiger partial charge < -0.3 is 4.57 Å². The summed E-state index contributed by atoms with van der Waals surface area (Å²) in [6.07, 6.45) is 4.75. The largest absolute Gasteiger partial charge is 0.334 e. The number of aromatic nitrogens is 2. The zero-order valence-electron chi connectivity index (χ0n) is 13.6. The second-order valence-corrected chi connectivity index (χ2v) is 9.57. The molecule has 0 aliphatic carbocycles. The first-order valence-corrected chi connectivity index (χ1v) is 10.6. The lowest BCUT2D eigenvalue weighted by Crippen LogP contribution is -2.49. The predicted octanol–water partition coefficient (Wildman–Crippen LogP) is 2.17. The first-order chi connectivity index (χ1) is 11.5. The van der Waals surface area contributed by atoms with Crippen LogP contribution in [0, 0.1) is 0 Å². The van der Waals surface area contributed by atoms with E-state index >= 15 is 0 Å². The van der Waals surface area contributed by atoms with Crippen LogP contribution in [0.2, 0.25) is 4.34 Å². The molecule has 3 heterocycles. The molecule has 1 aliphatic heterocycles. The van der Waals surface area contributed by atoms with Crippen LogP contribution >= 0.6 is 22.9 Å². The molecule has 2 aromatic heterocycles. The first-order valence-electron chi connectivity index (χ1n) is 7.98. The Morgan fingerprint density at radius 3 is 2.58 bits per heavy atom. The molecule has 0 unspecified atom stereocenters. The van der Waals surface area contributed by atoms with Crippen LogP contribution in [-0.4, -0.2) is 59.9 Å². The van der Waals surface area contributed by atoms with Crippen molar-refractivity contribution in [1.29, 1.82) is 0 Å². The molecule has 1 aliphatic rings. The summed E-state index contributed by atoms with van der Waals surface area (Å²) in [7, 11) is -3.41. The second kappa shape index (κ2) is 7.53. The summed E-state index contributed by atoms with van der Waals surface area (Å²) in [5.74, 6) is 1.09. The number of aryl methyl sites for hydroxylation is 1. The number of nitrogens with zero attached hydrogens (tertiary/aromatic N) is 4. The van der Waals surface area contributed by atoms with Gasteiger partial charge in [0.05, 0.1) is 4.34 Å². The molecule has 0 bridgehead atoms. The van der Waals surface area contributed by atoms with E-state index in [1.807, 2.05) is 12.4 Å². The number of halogens is 1. The van der Waals surface area contributed by atoms with Crippen molar-refractivity contribution in [3.63, 3.8) is 0 Å². The highest BCUT2D eigenvalue weighted by Gasteiger charge is 2.29. The zero-order chi connectivity index (χ0) is 17.2. The average molecular weight is 389 g/mol. The maximum absolute atomic E-state index is 12.6. The summed E-state index contributed by atoms with van der Waals surface area (Å²) in [5.41, 5.74) is 0. The van der Waals surface area contributed by atoms with Crippen molar-refractivity contribution < 1.29 is 8.42 Å². The number of hydrogen-bond acceptors (Lipinski definition) is 5. The number of imidazole rings is 1. The van der Waals surface area contributed by atoms with E-state index in [2.05, 4.69) is 21.4 Å². The fourth-order valence-corrected chi connectivity index (χ4v) is 5.92. The van der Waals surface area contributed by atoms with Crippen molar-refractivity contribution in [1.82, 2.24) is 18.8 Å². The third kappa shape index (κ3) is 3.83. The van der Waals surface area contributed by atoms with Crippen molar-refractivity contribution in [3.8, 4) is 0 Å². The van der Waals surface area contributed by atoms with Gasteiger partial charge in [0.25, 0.3) is 10.0 Å². The monoisotopic (exact) mass is 388 g/mol. The van der Waals surface area contributed by atoms with Crippen molar-refractivity contribution in [3.05, 3.63) is 34.7 Å². The Kier molecular flexibility index (Phi) is 5.61. The molecule has 3 rings (SSSR count). The van der Waals surface area contributed by atoms with Crippen molar-refractivity contribution in [2.24, 2.45) is 0 Å². The predicted molar refractivity (Wildman–Crippen MR) is 96.1 cm³/mol. The quantitative estimate of drug-likeness (QED) is 0.760. The summed E-state index contributed by atoms with van der Waals surface area (Å²) < 4.78 is 29.7. The highest BCUT2D eigenvalue weighted by Crippen LogP contribution is 2.28. The minimum absolute atomic E-state index is 0.326. The molecule has 24 heavy (non-hydrogen) atoms. The maximum Gasteiger partial charge on any atom is 0.252 e. The first kappa shape index (κ1) is 17.9. The Balaban J connectivity index is 1.54. The van der Waals surface area contributed by atoms with Crippen LogP contribution in [0.4, 0.5) is 0 Å². The molecule has 2 aromatic rings. The fraction of sp³-hybridized carbons (Fsp3) is 0.533. The Hall–Kier alpha value is -0.930. The third-order valence-corrected chi connectivity index (χ3v) is 7.85. The van der Waals surface area contributed by atoms with Crippen LogP contribution in [0.5, 0.6) is 0 Å². The Bertz CT molecular complexity index is 779. The number of rotatable bonds is 6. The van der Waals surface area contributed by atoms with Crippen LogP contribution in [0.3, 0.4) is 0 Å². The van der Waals surface area contributed by atoms with Gasteiger partial charge in [0, 0.05) is 58.1 Å². The molecule has 1 saturated heterocycles. The maximum atomic E-state index is 12.6. The molecule has 0 atom stereocenters. The number of sulfonamides is 1. The lowest BCUT2D eigenvalue weighted by Gasteiger charge is -2.33. The summed E-state index contributed by atoms with van der Waals surface area (Å²) in [5, 5.41) is 0. The molecule has 0 aromatic carbocycles. The molecule has 0 N–H and O–H groups in total. The van der Waals surface area contributed by atoms with Gasteiger partial charge >= 0.3 is 0 Å². The van der Waals surface area contributed by atoms with Crippen LogP contribution in [0.1, 0.15) is 12.7 Å². The van der Waals surface area contributed by atoms with Crippen molar-refractivity contribution >= 4 is 33.0 Å². The van der Waals surface area contributed by atoms with E-state index in [4.69, 9.17) is 11.6 Å². The second-order valence-electron chi connectivity index (χ2n) is 5.69. The summed E-state index contributed by atoms with van der Waals surface area (Å²) >= 11 is 6.98. The van der Waals surface area contributed by atoms with Gasteiger partial charge in [-0.3, -0.25) is 4.90 Å². The van der Waals surface area contributed by atoms with E-state index in [0.29, 0.717) is 21.6 Å². The number of thiophene rings is 1. The molecule has 0 spiro atoms. The summed E-state index contributed by atoms with van der Waals surface area (Å²) in [4.78, 5) is 6.62. The van der Waals surface area contributed by atoms with Gasteiger partial charge in [-0.2, -0.15) is 4.31 Å². The van der Waals surface area contributed by atoms with Crippen LogP contribution in [0.25, 0.3) is 0 Å². The minimum Gasteiger partial charge on any atom is -0.334 e.